The highest BCUT2D eigenvalue weighted by Gasteiger charge is 2.09. The van der Waals surface area contributed by atoms with Gasteiger partial charge in [0.15, 0.2) is 5.96 Å². The molecule has 0 aliphatic carbocycles. The van der Waals surface area contributed by atoms with Gasteiger partial charge < -0.3 is 15.8 Å². The van der Waals surface area contributed by atoms with Crippen LogP contribution in [0.2, 0.25) is 0 Å². The first-order chi connectivity index (χ1) is 8.85. The van der Waals surface area contributed by atoms with Crippen LogP contribution < -0.4 is 11.1 Å². The lowest BCUT2D eigenvalue weighted by molar-refractivity contribution is -0.143. The second-order valence-electron chi connectivity index (χ2n) is 5.61. The van der Waals surface area contributed by atoms with E-state index in [1.165, 1.54) is 0 Å². The van der Waals surface area contributed by atoms with E-state index in [4.69, 9.17) is 10.5 Å². The molecular formula is C14H30IN3O2. The number of halogens is 1. The first-order valence-corrected chi connectivity index (χ1v) is 7.09. The van der Waals surface area contributed by atoms with Crippen LogP contribution in [0.3, 0.4) is 0 Å². The Morgan fingerprint density at radius 1 is 1.20 bits per heavy atom. The molecule has 0 saturated heterocycles. The zero-order chi connectivity index (χ0) is 14.7. The van der Waals surface area contributed by atoms with Gasteiger partial charge in [0.05, 0.1) is 6.61 Å². The van der Waals surface area contributed by atoms with E-state index in [2.05, 4.69) is 10.3 Å². The fourth-order valence-electron chi connectivity index (χ4n) is 1.59. The Bertz CT molecular complexity index is 289. The molecule has 120 valence electrons. The predicted octanol–water partition coefficient (Wildman–Crippen LogP) is 2.82. The number of aliphatic imine (C=N–C) groups is 1. The van der Waals surface area contributed by atoms with Gasteiger partial charge in [-0.1, -0.05) is 12.8 Å². The van der Waals surface area contributed by atoms with Gasteiger partial charge in [-0.05, 0) is 40.5 Å². The predicted molar refractivity (Wildman–Crippen MR) is 94.5 cm³/mol. The highest BCUT2D eigenvalue weighted by Crippen LogP contribution is 2.04. The number of nitrogens with zero attached hydrogens (tertiary/aromatic N) is 1. The number of hydrogen-bond acceptors (Lipinski definition) is 3. The van der Waals surface area contributed by atoms with Gasteiger partial charge in [0.1, 0.15) is 0 Å². The number of unbranched alkanes of at least 4 members (excludes halogenated alkanes) is 3. The minimum atomic E-state index is -0.0980. The van der Waals surface area contributed by atoms with Crippen molar-refractivity contribution in [2.45, 2.75) is 65.3 Å². The SMILES string of the molecule is CCOC(=O)CCCCCCN=C(N)NC(C)(C)C.I. The van der Waals surface area contributed by atoms with Crippen molar-refractivity contribution in [1.82, 2.24) is 5.32 Å². The third-order valence-corrected chi connectivity index (χ3v) is 2.38. The summed E-state index contributed by atoms with van der Waals surface area (Å²) in [6, 6.07) is 0. The molecule has 6 heteroatoms. The number of nitrogens with one attached hydrogen (secondary N) is 1. The Kier molecular flexibility index (Phi) is 13.3. The minimum Gasteiger partial charge on any atom is -0.466 e. The molecule has 3 N–H and O–H groups in total. The first kappa shape index (κ1) is 21.8. The van der Waals surface area contributed by atoms with Gasteiger partial charge in [0.25, 0.3) is 0 Å². The van der Waals surface area contributed by atoms with E-state index < -0.39 is 0 Å². The van der Waals surface area contributed by atoms with Crippen LogP contribution in [-0.4, -0.2) is 30.6 Å². The number of carbonyl (C=O) groups is 1. The van der Waals surface area contributed by atoms with Crippen LogP contribution >= 0.6 is 24.0 Å². The molecule has 0 aliphatic rings. The van der Waals surface area contributed by atoms with Crippen molar-refractivity contribution >= 4 is 35.9 Å². The molecule has 0 fully saturated rings. The Labute approximate surface area is 140 Å². The first-order valence-electron chi connectivity index (χ1n) is 7.09. The second-order valence-corrected chi connectivity index (χ2v) is 5.61. The molecule has 5 nitrogen and oxygen atoms in total. The van der Waals surface area contributed by atoms with Crippen molar-refractivity contribution in [2.75, 3.05) is 13.2 Å². The molecule has 0 aromatic carbocycles. The Morgan fingerprint density at radius 2 is 1.80 bits per heavy atom. The summed E-state index contributed by atoms with van der Waals surface area (Å²) >= 11 is 0. The Balaban J connectivity index is 0. The number of guanidine groups is 1. The summed E-state index contributed by atoms with van der Waals surface area (Å²) in [4.78, 5) is 15.3. The zero-order valence-electron chi connectivity index (χ0n) is 13.2. The topological polar surface area (TPSA) is 76.7 Å². The molecule has 0 heterocycles. The van der Waals surface area contributed by atoms with E-state index in [0.29, 0.717) is 19.0 Å². The van der Waals surface area contributed by atoms with Crippen LogP contribution in [0.15, 0.2) is 4.99 Å². The summed E-state index contributed by atoms with van der Waals surface area (Å²) in [5, 5.41) is 3.12. The van der Waals surface area contributed by atoms with Crippen molar-refractivity contribution in [1.29, 1.82) is 0 Å². The highest BCUT2D eigenvalue weighted by atomic mass is 127. The average Bonchev–Trinajstić information content (AvgIpc) is 2.25. The third kappa shape index (κ3) is 15.5. The highest BCUT2D eigenvalue weighted by molar-refractivity contribution is 14.0. The van der Waals surface area contributed by atoms with Gasteiger partial charge in [-0.2, -0.15) is 0 Å². The van der Waals surface area contributed by atoms with Crippen LogP contribution in [0.25, 0.3) is 0 Å². The molecule has 0 aromatic heterocycles. The van der Waals surface area contributed by atoms with Crippen molar-refractivity contribution in [2.24, 2.45) is 10.7 Å². The van der Waals surface area contributed by atoms with Crippen molar-refractivity contribution in [3.05, 3.63) is 0 Å². The maximum absolute atomic E-state index is 11.1. The average molecular weight is 399 g/mol. The smallest absolute Gasteiger partial charge is 0.305 e. The maximum Gasteiger partial charge on any atom is 0.305 e. The quantitative estimate of drug-likeness (QED) is 0.216. The number of hydrogen-bond donors (Lipinski definition) is 2. The Hall–Kier alpha value is -0.530. The molecule has 0 rings (SSSR count). The van der Waals surface area contributed by atoms with Gasteiger partial charge in [-0.25, -0.2) is 0 Å². The Morgan fingerprint density at radius 3 is 2.35 bits per heavy atom. The largest absolute Gasteiger partial charge is 0.466 e. The molecular weight excluding hydrogens is 369 g/mol. The van der Waals surface area contributed by atoms with Crippen molar-refractivity contribution in [3.63, 3.8) is 0 Å². The minimum absolute atomic E-state index is 0. The molecule has 0 atom stereocenters. The fraction of sp³-hybridized carbons (Fsp3) is 0.857. The number of rotatable bonds is 8. The summed E-state index contributed by atoms with van der Waals surface area (Å²) in [5.74, 6) is 0.401. The molecule has 0 aliphatic heterocycles. The van der Waals surface area contributed by atoms with E-state index in [1.54, 1.807) is 0 Å². The monoisotopic (exact) mass is 399 g/mol. The molecule has 0 bridgehead atoms. The van der Waals surface area contributed by atoms with Crippen LogP contribution in [0, 0.1) is 0 Å². The van der Waals surface area contributed by atoms with Gasteiger partial charge >= 0.3 is 5.97 Å². The van der Waals surface area contributed by atoms with Crippen LogP contribution in [0.4, 0.5) is 0 Å². The lowest BCUT2D eigenvalue weighted by Crippen LogP contribution is -2.45. The number of esters is 1. The molecule has 0 unspecified atom stereocenters. The lowest BCUT2D eigenvalue weighted by atomic mass is 10.1. The van der Waals surface area contributed by atoms with Crippen molar-refractivity contribution < 1.29 is 9.53 Å². The fourth-order valence-corrected chi connectivity index (χ4v) is 1.59. The molecule has 0 amide bonds. The summed E-state index contributed by atoms with van der Waals surface area (Å²) in [7, 11) is 0. The van der Waals surface area contributed by atoms with Crippen LogP contribution in [0.5, 0.6) is 0 Å². The maximum atomic E-state index is 11.1. The molecule has 0 spiro atoms. The third-order valence-electron chi connectivity index (χ3n) is 2.38. The van der Waals surface area contributed by atoms with Crippen LogP contribution in [-0.2, 0) is 9.53 Å². The van der Waals surface area contributed by atoms with E-state index >= 15 is 0 Å². The van der Waals surface area contributed by atoms with Crippen LogP contribution in [0.1, 0.15) is 59.8 Å². The summed E-state index contributed by atoms with van der Waals surface area (Å²) in [5.41, 5.74) is 5.70. The molecule has 0 radical (unpaired) electrons. The summed E-state index contributed by atoms with van der Waals surface area (Å²) < 4.78 is 4.86. The normalized spacial score (nSPS) is 11.7. The summed E-state index contributed by atoms with van der Waals surface area (Å²) in [6.07, 6.45) is 4.49. The van der Waals surface area contributed by atoms with Gasteiger partial charge in [-0.15, -0.1) is 24.0 Å². The van der Waals surface area contributed by atoms with E-state index in [1.807, 2.05) is 27.7 Å². The van der Waals surface area contributed by atoms with Gasteiger partial charge in [0.2, 0.25) is 0 Å². The van der Waals surface area contributed by atoms with Crippen molar-refractivity contribution in [3.8, 4) is 0 Å². The molecule has 20 heavy (non-hydrogen) atoms. The second kappa shape index (κ2) is 12.2. The van der Waals surface area contributed by atoms with E-state index in [0.717, 1.165) is 32.2 Å². The summed E-state index contributed by atoms with van der Waals surface area (Å²) in [6.45, 7) is 9.16. The zero-order valence-corrected chi connectivity index (χ0v) is 15.5. The number of carbonyl (C=O) groups excluding carboxylic acids is 1. The van der Waals surface area contributed by atoms with Gasteiger partial charge in [-0.3, -0.25) is 9.79 Å². The standard InChI is InChI=1S/C14H29N3O2.HI/c1-5-19-12(18)10-8-6-7-9-11-16-13(15)17-14(2,3)4;/h5-11H2,1-4H3,(H3,15,16,17);1H. The van der Waals surface area contributed by atoms with E-state index in [9.17, 15) is 4.79 Å². The van der Waals surface area contributed by atoms with Gasteiger partial charge in [0, 0.05) is 18.5 Å². The molecule has 0 aromatic rings. The number of ether oxygens (including phenoxy) is 1. The lowest BCUT2D eigenvalue weighted by Gasteiger charge is -2.20. The molecule has 0 saturated carbocycles. The van der Waals surface area contributed by atoms with E-state index in [-0.39, 0.29) is 35.5 Å². The number of nitrogens with two attached hydrogens (primary N) is 1.